The van der Waals surface area contributed by atoms with E-state index < -0.39 is 41.6 Å². The van der Waals surface area contributed by atoms with Crippen LogP contribution in [0.3, 0.4) is 0 Å². The number of aromatic amines is 1. The summed E-state index contributed by atoms with van der Waals surface area (Å²) in [5, 5.41) is 7.58. The van der Waals surface area contributed by atoms with Crippen LogP contribution in [0.2, 0.25) is 0 Å². The highest BCUT2D eigenvalue weighted by Gasteiger charge is 2.36. The molecule has 0 aliphatic carbocycles. The highest BCUT2D eigenvalue weighted by Crippen LogP contribution is 2.30. The van der Waals surface area contributed by atoms with Crippen LogP contribution in [0.1, 0.15) is 37.9 Å². The molecule has 0 aliphatic rings. The first-order valence-corrected chi connectivity index (χ1v) is 8.24. The number of carbonyl (C=O) groups excluding carboxylic acids is 3. The number of aryl methyl sites for hydroxylation is 1. The van der Waals surface area contributed by atoms with Gasteiger partial charge in [0.15, 0.2) is 0 Å². The second-order valence-electron chi connectivity index (χ2n) is 6.48. The van der Waals surface area contributed by atoms with E-state index in [1.807, 2.05) is 5.10 Å². The van der Waals surface area contributed by atoms with E-state index in [2.05, 4.69) is 15.2 Å². The van der Waals surface area contributed by atoms with Crippen molar-refractivity contribution in [3.63, 3.8) is 0 Å². The first kappa shape index (κ1) is 22.5. The average Bonchev–Trinajstić information content (AvgIpc) is 3.03. The van der Waals surface area contributed by atoms with E-state index in [4.69, 9.17) is 5.73 Å². The largest absolute Gasteiger partial charge is 0.467 e. The number of nitrogens with one attached hydrogen (secondary N) is 2. The van der Waals surface area contributed by atoms with Crippen LogP contribution >= 0.6 is 0 Å². The molecule has 0 bridgehead atoms. The molecule has 8 nitrogen and oxygen atoms in total. The van der Waals surface area contributed by atoms with Gasteiger partial charge in [-0.3, -0.25) is 14.7 Å². The van der Waals surface area contributed by atoms with Crippen molar-refractivity contribution in [2.24, 2.45) is 17.6 Å². The van der Waals surface area contributed by atoms with Crippen molar-refractivity contribution in [3.8, 4) is 0 Å². The van der Waals surface area contributed by atoms with E-state index >= 15 is 0 Å². The maximum atomic E-state index is 12.9. The number of amides is 2. The topological polar surface area (TPSA) is 127 Å². The normalized spacial score (nSPS) is 13.9. The fourth-order valence-electron chi connectivity index (χ4n) is 2.53. The number of ether oxygens (including phenoxy) is 1. The van der Waals surface area contributed by atoms with Gasteiger partial charge in [0.1, 0.15) is 17.7 Å². The van der Waals surface area contributed by atoms with Gasteiger partial charge in [0.05, 0.1) is 13.3 Å². The maximum absolute atomic E-state index is 12.9. The summed E-state index contributed by atoms with van der Waals surface area (Å²) in [6, 6.07) is -1.23. The van der Waals surface area contributed by atoms with Gasteiger partial charge in [0.2, 0.25) is 11.8 Å². The highest BCUT2D eigenvalue weighted by molar-refractivity contribution is 6.00. The molecule has 0 aliphatic heterocycles. The van der Waals surface area contributed by atoms with Gasteiger partial charge < -0.3 is 15.8 Å². The summed E-state index contributed by atoms with van der Waals surface area (Å²) in [6.07, 6.45) is -3.81. The Labute approximate surface area is 154 Å². The Morgan fingerprint density at radius 3 is 2.44 bits per heavy atom. The number of rotatable bonds is 9. The fourth-order valence-corrected chi connectivity index (χ4v) is 2.53. The summed E-state index contributed by atoms with van der Waals surface area (Å²) < 4.78 is 43.2. The number of aromatic nitrogens is 2. The summed E-state index contributed by atoms with van der Waals surface area (Å²) >= 11 is 0. The Bertz CT molecular complexity index is 673. The second-order valence-corrected chi connectivity index (χ2v) is 6.48. The molecule has 0 aromatic carbocycles. The van der Waals surface area contributed by atoms with Crippen LogP contribution in [0.15, 0.2) is 6.20 Å². The molecule has 1 aromatic rings. The summed E-state index contributed by atoms with van der Waals surface area (Å²) in [5.74, 6) is -3.62. The van der Waals surface area contributed by atoms with Crippen molar-refractivity contribution in [3.05, 3.63) is 17.5 Å². The van der Waals surface area contributed by atoms with Gasteiger partial charge in [-0.15, -0.1) is 0 Å². The predicted octanol–water partition coefficient (Wildman–Crippen LogP) is 1.17. The van der Waals surface area contributed by atoms with Gasteiger partial charge in [0, 0.05) is 5.56 Å². The Morgan fingerprint density at radius 2 is 1.96 bits per heavy atom. The van der Waals surface area contributed by atoms with Crippen LogP contribution in [0.4, 0.5) is 13.2 Å². The van der Waals surface area contributed by atoms with Crippen LogP contribution < -0.4 is 11.1 Å². The van der Waals surface area contributed by atoms with Crippen molar-refractivity contribution >= 4 is 17.8 Å². The van der Waals surface area contributed by atoms with Crippen LogP contribution in [-0.4, -0.2) is 41.1 Å². The monoisotopic (exact) mass is 392 g/mol. The molecule has 2 atom stereocenters. The Morgan fingerprint density at radius 1 is 1.33 bits per heavy atom. The number of halogens is 3. The summed E-state index contributed by atoms with van der Waals surface area (Å²) in [6.45, 7) is 3.58. The minimum Gasteiger partial charge on any atom is -0.467 e. The molecule has 1 heterocycles. The molecule has 2 amide bonds. The smallest absolute Gasteiger partial charge is 0.433 e. The van der Waals surface area contributed by atoms with E-state index in [0.717, 1.165) is 13.3 Å². The van der Waals surface area contributed by atoms with Gasteiger partial charge in [-0.2, -0.15) is 18.3 Å². The van der Waals surface area contributed by atoms with Gasteiger partial charge in [-0.05, 0) is 25.2 Å². The molecular weight excluding hydrogens is 369 g/mol. The van der Waals surface area contributed by atoms with E-state index in [1.165, 1.54) is 0 Å². The summed E-state index contributed by atoms with van der Waals surface area (Å²) in [4.78, 5) is 35.7. The number of nitrogens with zero attached hydrogens (tertiary/aromatic N) is 1. The zero-order chi connectivity index (χ0) is 20.8. The SMILES string of the molecule is COC(=O)C(CCc1cn[nH]c1C(F)(F)F)NC(=O)C(CC(C)C)C(N)=O. The van der Waals surface area contributed by atoms with Gasteiger partial charge in [-0.1, -0.05) is 13.8 Å². The van der Waals surface area contributed by atoms with Gasteiger partial charge in [0.25, 0.3) is 0 Å². The minimum atomic E-state index is -4.62. The van der Waals surface area contributed by atoms with E-state index in [-0.39, 0.29) is 30.7 Å². The third-order valence-electron chi connectivity index (χ3n) is 3.87. The highest BCUT2D eigenvalue weighted by atomic mass is 19.4. The number of carbonyl (C=O) groups is 3. The Hall–Kier alpha value is -2.59. The minimum absolute atomic E-state index is 0.00917. The van der Waals surface area contributed by atoms with Gasteiger partial charge >= 0.3 is 12.1 Å². The lowest BCUT2D eigenvalue weighted by molar-refractivity contribution is -0.147. The molecule has 0 spiro atoms. The molecule has 11 heteroatoms. The van der Waals surface area contributed by atoms with E-state index in [9.17, 15) is 27.6 Å². The average molecular weight is 392 g/mol. The number of esters is 1. The number of methoxy groups -OCH3 is 1. The first-order chi connectivity index (χ1) is 12.5. The van der Waals surface area contributed by atoms with Crippen LogP contribution in [0, 0.1) is 11.8 Å². The lowest BCUT2D eigenvalue weighted by Gasteiger charge is -2.21. The molecule has 0 fully saturated rings. The standard InChI is InChI=1S/C16H23F3N4O4/c1-8(2)6-10(13(20)24)14(25)22-11(15(26)27-3)5-4-9-7-21-23-12(9)16(17,18)19/h7-8,10-11H,4-6H2,1-3H3,(H2,20,24)(H,21,23)(H,22,25). The quantitative estimate of drug-likeness (QED) is 0.429. The number of nitrogens with two attached hydrogens (primary N) is 1. The zero-order valence-corrected chi connectivity index (χ0v) is 15.2. The van der Waals surface area contributed by atoms with E-state index in [0.29, 0.717) is 0 Å². The number of primary amides is 1. The number of alkyl halides is 3. The number of H-pyrrole nitrogens is 1. The molecule has 2 unspecified atom stereocenters. The summed E-state index contributed by atoms with van der Waals surface area (Å²) in [7, 11) is 1.08. The Balaban J connectivity index is 2.88. The van der Waals surface area contributed by atoms with Gasteiger partial charge in [-0.25, -0.2) is 4.79 Å². The van der Waals surface area contributed by atoms with Crippen molar-refractivity contribution in [1.82, 2.24) is 15.5 Å². The first-order valence-electron chi connectivity index (χ1n) is 8.24. The molecular formula is C16H23F3N4O4. The third kappa shape index (κ3) is 6.57. The van der Waals surface area contributed by atoms with Crippen LogP contribution in [0.25, 0.3) is 0 Å². The number of hydrogen-bond donors (Lipinski definition) is 3. The zero-order valence-electron chi connectivity index (χ0n) is 15.2. The lowest BCUT2D eigenvalue weighted by Crippen LogP contribution is -2.47. The molecule has 1 rings (SSSR count). The van der Waals surface area contributed by atoms with Crippen LogP contribution in [0.5, 0.6) is 0 Å². The molecule has 0 saturated heterocycles. The molecule has 1 aromatic heterocycles. The van der Waals surface area contributed by atoms with Crippen LogP contribution in [-0.2, 0) is 31.7 Å². The molecule has 152 valence electrons. The fraction of sp³-hybridized carbons (Fsp3) is 0.625. The van der Waals surface area contributed by atoms with Crippen molar-refractivity contribution in [2.45, 2.75) is 45.3 Å². The van der Waals surface area contributed by atoms with E-state index in [1.54, 1.807) is 13.8 Å². The molecule has 0 saturated carbocycles. The number of hydrogen-bond acceptors (Lipinski definition) is 5. The molecule has 27 heavy (non-hydrogen) atoms. The molecule has 4 N–H and O–H groups in total. The second kappa shape index (κ2) is 9.38. The van der Waals surface area contributed by atoms with Crippen molar-refractivity contribution in [1.29, 1.82) is 0 Å². The van der Waals surface area contributed by atoms with Crippen molar-refractivity contribution < 1.29 is 32.3 Å². The lowest BCUT2D eigenvalue weighted by atomic mass is 9.95. The predicted molar refractivity (Wildman–Crippen MR) is 88.0 cm³/mol. The Kier molecular flexibility index (Phi) is 7.80. The third-order valence-corrected chi connectivity index (χ3v) is 3.87. The molecule has 0 radical (unpaired) electrons. The van der Waals surface area contributed by atoms with Crippen molar-refractivity contribution in [2.75, 3.05) is 7.11 Å². The maximum Gasteiger partial charge on any atom is 0.433 e. The summed E-state index contributed by atoms with van der Waals surface area (Å²) in [5.41, 5.74) is 4.06.